The van der Waals surface area contributed by atoms with Gasteiger partial charge in [-0.3, -0.25) is 4.79 Å². The van der Waals surface area contributed by atoms with Gasteiger partial charge >= 0.3 is 0 Å². The Morgan fingerprint density at radius 3 is 2.44 bits per heavy atom. The second kappa shape index (κ2) is 4.84. The Hall–Kier alpha value is -1.08. The SMILES string of the molecule is CPc1ccc(N2CCN(C)C(=O)C2)cc1. The van der Waals surface area contributed by atoms with Gasteiger partial charge in [-0.2, -0.15) is 0 Å². The van der Waals surface area contributed by atoms with Crippen LogP contribution in [0.25, 0.3) is 0 Å². The number of likely N-dealkylation sites (N-methyl/N-ethyl adjacent to an activating group) is 1. The van der Waals surface area contributed by atoms with Crippen molar-refractivity contribution in [1.82, 2.24) is 4.90 Å². The van der Waals surface area contributed by atoms with Crippen LogP contribution < -0.4 is 10.2 Å². The molecule has 0 N–H and O–H groups in total. The highest BCUT2D eigenvalue weighted by atomic mass is 31.1. The summed E-state index contributed by atoms with van der Waals surface area (Å²) < 4.78 is 0. The fourth-order valence-corrected chi connectivity index (χ4v) is 2.32. The zero-order valence-corrected chi connectivity index (χ0v) is 10.7. The standard InChI is InChI=1S/C12H17N2OP/c1-13-7-8-14(9-12(13)15)10-3-5-11(16-2)6-4-10/h3-6,16H,7-9H2,1-2H3. The van der Waals surface area contributed by atoms with Gasteiger partial charge in [-0.15, -0.1) is 0 Å². The number of rotatable bonds is 2. The van der Waals surface area contributed by atoms with Crippen LogP contribution >= 0.6 is 8.58 Å². The molecule has 16 heavy (non-hydrogen) atoms. The Bertz CT molecular complexity index is 377. The topological polar surface area (TPSA) is 23.6 Å². The van der Waals surface area contributed by atoms with E-state index in [-0.39, 0.29) is 5.91 Å². The molecule has 1 aliphatic rings. The van der Waals surface area contributed by atoms with Crippen molar-refractivity contribution in [3.8, 4) is 0 Å². The number of carbonyl (C=O) groups excluding carboxylic acids is 1. The number of hydrogen-bond acceptors (Lipinski definition) is 2. The van der Waals surface area contributed by atoms with Crippen LogP contribution in [0.4, 0.5) is 5.69 Å². The average molecular weight is 236 g/mol. The minimum absolute atomic E-state index is 0.202. The van der Waals surface area contributed by atoms with Gasteiger partial charge in [0.15, 0.2) is 0 Å². The normalized spacial score (nSPS) is 17.5. The first-order chi connectivity index (χ1) is 7.70. The summed E-state index contributed by atoms with van der Waals surface area (Å²) in [6.07, 6.45) is 0. The molecule has 1 saturated heterocycles. The Labute approximate surface area is 98.2 Å². The molecule has 1 fully saturated rings. The average Bonchev–Trinajstić information content (AvgIpc) is 2.33. The largest absolute Gasteiger partial charge is 0.360 e. The first-order valence-corrected chi connectivity index (χ1v) is 6.97. The van der Waals surface area contributed by atoms with Gasteiger partial charge in [0.05, 0.1) is 6.54 Å². The van der Waals surface area contributed by atoms with E-state index in [0.29, 0.717) is 6.54 Å². The fourth-order valence-electron chi connectivity index (χ4n) is 1.82. The molecule has 1 amide bonds. The molecular formula is C12H17N2OP. The van der Waals surface area contributed by atoms with E-state index in [0.717, 1.165) is 27.4 Å². The lowest BCUT2D eigenvalue weighted by Crippen LogP contribution is -2.48. The third kappa shape index (κ3) is 2.35. The summed E-state index contributed by atoms with van der Waals surface area (Å²) in [5, 5.41) is 1.37. The molecule has 1 heterocycles. The van der Waals surface area contributed by atoms with Crippen molar-refractivity contribution in [1.29, 1.82) is 0 Å². The highest BCUT2D eigenvalue weighted by Crippen LogP contribution is 2.16. The lowest BCUT2D eigenvalue weighted by molar-refractivity contribution is -0.129. The maximum atomic E-state index is 11.6. The molecule has 0 radical (unpaired) electrons. The maximum absolute atomic E-state index is 11.6. The Kier molecular flexibility index (Phi) is 3.45. The van der Waals surface area contributed by atoms with Gasteiger partial charge in [0.2, 0.25) is 5.91 Å². The van der Waals surface area contributed by atoms with E-state index in [1.54, 1.807) is 4.90 Å². The van der Waals surface area contributed by atoms with Gasteiger partial charge < -0.3 is 9.80 Å². The lowest BCUT2D eigenvalue weighted by atomic mass is 10.2. The smallest absolute Gasteiger partial charge is 0.241 e. The van der Waals surface area contributed by atoms with Crippen molar-refractivity contribution in [3.63, 3.8) is 0 Å². The Morgan fingerprint density at radius 1 is 1.19 bits per heavy atom. The van der Waals surface area contributed by atoms with E-state index in [9.17, 15) is 4.79 Å². The van der Waals surface area contributed by atoms with E-state index in [2.05, 4.69) is 35.8 Å². The first-order valence-electron chi connectivity index (χ1n) is 5.47. The van der Waals surface area contributed by atoms with Crippen LogP contribution in [-0.4, -0.2) is 44.2 Å². The minimum Gasteiger partial charge on any atom is -0.360 e. The summed E-state index contributed by atoms with van der Waals surface area (Å²) in [5.74, 6) is 0.202. The molecule has 1 aromatic rings. The number of piperazine rings is 1. The third-order valence-corrected chi connectivity index (χ3v) is 3.89. The van der Waals surface area contributed by atoms with E-state index < -0.39 is 0 Å². The van der Waals surface area contributed by atoms with Crippen LogP contribution in [0.3, 0.4) is 0 Å². The third-order valence-electron chi connectivity index (χ3n) is 2.98. The van der Waals surface area contributed by atoms with Gasteiger partial charge in [0, 0.05) is 25.8 Å². The monoisotopic (exact) mass is 236 g/mol. The van der Waals surface area contributed by atoms with Crippen molar-refractivity contribution < 1.29 is 4.79 Å². The first kappa shape index (κ1) is 11.4. The predicted molar refractivity (Wildman–Crippen MR) is 70.2 cm³/mol. The van der Waals surface area contributed by atoms with E-state index >= 15 is 0 Å². The van der Waals surface area contributed by atoms with Gasteiger partial charge in [0.1, 0.15) is 0 Å². The van der Waals surface area contributed by atoms with E-state index in [4.69, 9.17) is 0 Å². The molecule has 86 valence electrons. The zero-order chi connectivity index (χ0) is 11.5. The lowest BCUT2D eigenvalue weighted by Gasteiger charge is -2.33. The van der Waals surface area contributed by atoms with Crippen molar-refractivity contribution in [2.75, 3.05) is 38.2 Å². The van der Waals surface area contributed by atoms with Gasteiger partial charge in [-0.1, -0.05) is 20.7 Å². The summed E-state index contributed by atoms with van der Waals surface area (Å²) in [5.41, 5.74) is 1.16. The van der Waals surface area contributed by atoms with Crippen molar-refractivity contribution in [2.45, 2.75) is 0 Å². The summed E-state index contributed by atoms with van der Waals surface area (Å²) in [6.45, 7) is 4.42. The number of anilines is 1. The Balaban J connectivity index is 2.09. The number of benzene rings is 1. The summed E-state index contributed by atoms with van der Waals surface area (Å²) in [4.78, 5) is 15.5. The fraction of sp³-hybridized carbons (Fsp3) is 0.417. The zero-order valence-electron chi connectivity index (χ0n) is 9.73. The van der Waals surface area contributed by atoms with Gasteiger partial charge in [-0.25, -0.2) is 0 Å². The molecule has 4 heteroatoms. The Morgan fingerprint density at radius 2 is 1.88 bits per heavy atom. The van der Waals surface area contributed by atoms with Crippen LogP contribution in [0.15, 0.2) is 24.3 Å². The molecule has 3 nitrogen and oxygen atoms in total. The maximum Gasteiger partial charge on any atom is 0.241 e. The molecule has 0 aliphatic carbocycles. The number of amides is 1. The summed E-state index contributed by atoms with van der Waals surface area (Å²) in [6, 6.07) is 8.53. The van der Waals surface area contributed by atoms with Crippen molar-refractivity contribution in [2.24, 2.45) is 0 Å². The quantitative estimate of drug-likeness (QED) is 0.712. The highest BCUT2D eigenvalue weighted by Gasteiger charge is 2.20. The molecule has 0 spiro atoms. The minimum atomic E-state index is 0.202. The molecule has 1 unspecified atom stereocenters. The van der Waals surface area contributed by atoms with Crippen LogP contribution in [0.2, 0.25) is 0 Å². The highest BCUT2D eigenvalue weighted by molar-refractivity contribution is 7.46. The van der Waals surface area contributed by atoms with Gasteiger partial charge in [-0.05, 0) is 24.1 Å². The van der Waals surface area contributed by atoms with Crippen molar-refractivity contribution in [3.05, 3.63) is 24.3 Å². The van der Waals surface area contributed by atoms with Crippen LogP contribution in [0, 0.1) is 0 Å². The second-order valence-electron chi connectivity index (χ2n) is 4.03. The van der Waals surface area contributed by atoms with Crippen LogP contribution in [-0.2, 0) is 4.79 Å². The summed E-state index contributed by atoms with van der Waals surface area (Å²) in [7, 11) is 2.69. The molecular weight excluding hydrogens is 219 g/mol. The number of hydrogen-bond donors (Lipinski definition) is 0. The molecule has 1 atom stereocenters. The second-order valence-corrected chi connectivity index (χ2v) is 5.11. The molecule has 1 aromatic carbocycles. The number of nitrogens with zero attached hydrogens (tertiary/aromatic N) is 2. The van der Waals surface area contributed by atoms with Crippen LogP contribution in [0.1, 0.15) is 0 Å². The number of carbonyl (C=O) groups is 1. The summed E-state index contributed by atoms with van der Waals surface area (Å²) >= 11 is 0. The molecule has 2 rings (SSSR count). The van der Waals surface area contributed by atoms with E-state index in [1.807, 2.05) is 7.05 Å². The predicted octanol–water partition coefficient (Wildman–Crippen LogP) is 0.899. The van der Waals surface area contributed by atoms with Crippen LogP contribution in [0.5, 0.6) is 0 Å². The van der Waals surface area contributed by atoms with E-state index in [1.165, 1.54) is 5.30 Å². The van der Waals surface area contributed by atoms with Gasteiger partial charge in [0.25, 0.3) is 0 Å². The molecule has 0 bridgehead atoms. The molecule has 0 saturated carbocycles. The molecule has 1 aliphatic heterocycles. The van der Waals surface area contributed by atoms with Crippen molar-refractivity contribution >= 4 is 25.5 Å². The molecule has 0 aromatic heterocycles.